The lowest BCUT2D eigenvalue weighted by Crippen LogP contribution is -2.30. The van der Waals surface area contributed by atoms with Gasteiger partial charge in [-0.25, -0.2) is 4.39 Å². The molecule has 0 spiro atoms. The third kappa shape index (κ3) is 2.20. The number of methoxy groups -OCH3 is 1. The maximum atomic E-state index is 13.8. The average Bonchev–Trinajstić information content (AvgIpc) is 2.46. The first-order chi connectivity index (χ1) is 9.69. The largest absolute Gasteiger partial charge is 0.494 e. The number of hydrogen-bond acceptors (Lipinski definition) is 4. The Balaban J connectivity index is 1.93. The zero-order valence-corrected chi connectivity index (χ0v) is 10.9. The van der Waals surface area contributed by atoms with Crippen LogP contribution in [-0.2, 0) is 6.42 Å². The maximum Gasteiger partial charge on any atom is 0.165 e. The van der Waals surface area contributed by atoms with E-state index in [0.29, 0.717) is 23.4 Å². The summed E-state index contributed by atoms with van der Waals surface area (Å²) in [5.74, 6) is 0.318. The van der Waals surface area contributed by atoms with Crippen LogP contribution in [0.2, 0.25) is 0 Å². The van der Waals surface area contributed by atoms with E-state index in [2.05, 4.69) is 4.98 Å². The molecule has 0 bridgehead atoms. The molecule has 1 aliphatic rings. The van der Waals surface area contributed by atoms with Gasteiger partial charge in [0.25, 0.3) is 0 Å². The van der Waals surface area contributed by atoms with Gasteiger partial charge in [-0.3, -0.25) is 4.98 Å². The van der Waals surface area contributed by atoms with Crippen molar-refractivity contribution in [1.82, 2.24) is 4.98 Å². The Kier molecular flexibility index (Phi) is 3.28. The number of halogens is 1. The van der Waals surface area contributed by atoms with E-state index in [1.165, 1.54) is 19.2 Å². The lowest BCUT2D eigenvalue weighted by atomic mass is 9.97. The SMILES string of the molecule is COc1ccc(C2Oc3cccnc3CC2O)cc1F. The molecule has 4 nitrogen and oxygen atoms in total. The van der Waals surface area contributed by atoms with E-state index in [9.17, 15) is 9.50 Å². The highest BCUT2D eigenvalue weighted by atomic mass is 19.1. The van der Waals surface area contributed by atoms with E-state index >= 15 is 0 Å². The predicted molar refractivity (Wildman–Crippen MR) is 70.3 cm³/mol. The molecular weight excluding hydrogens is 261 g/mol. The summed E-state index contributed by atoms with van der Waals surface area (Å²) < 4.78 is 24.4. The first-order valence-electron chi connectivity index (χ1n) is 6.31. The number of nitrogens with zero attached hydrogens (tertiary/aromatic N) is 1. The molecule has 0 saturated heterocycles. The minimum atomic E-state index is -0.759. The number of aliphatic hydroxyl groups excluding tert-OH is 1. The molecule has 0 aliphatic carbocycles. The fraction of sp³-hybridized carbons (Fsp3) is 0.267. The summed E-state index contributed by atoms with van der Waals surface area (Å²) in [7, 11) is 1.41. The second-order valence-corrected chi connectivity index (χ2v) is 4.65. The van der Waals surface area contributed by atoms with Crippen LogP contribution in [0.3, 0.4) is 0 Å². The number of pyridine rings is 1. The van der Waals surface area contributed by atoms with E-state index in [0.717, 1.165) is 0 Å². The zero-order valence-electron chi connectivity index (χ0n) is 10.9. The number of aromatic nitrogens is 1. The molecule has 0 amide bonds. The lowest BCUT2D eigenvalue weighted by Gasteiger charge is -2.30. The molecule has 1 aromatic heterocycles. The molecule has 1 N–H and O–H groups in total. The molecule has 1 aromatic carbocycles. The molecule has 104 valence electrons. The van der Waals surface area contributed by atoms with Gasteiger partial charge in [-0.2, -0.15) is 0 Å². The minimum absolute atomic E-state index is 0.168. The molecule has 3 rings (SSSR count). The van der Waals surface area contributed by atoms with Crippen LogP contribution in [0, 0.1) is 5.82 Å². The molecule has 0 saturated carbocycles. The van der Waals surface area contributed by atoms with Gasteiger partial charge < -0.3 is 14.6 Å². The van der Waals surface area contributed by atoms with Gasteiger partial charge >= 0.3 is 0 Å². The Morgan fingerprint density at radius 2 is 2.25 bits per heavy atom. The van der Waals surface area contributed by atoms with Crippen molar-refractivity contribution in [3.8, 4) is 11.5 Å². The predicted octanol–water partition coefficient (Wildman–Crippen LogP) is 2.27. The van der Waals surface area contributed by atoms with Crippen molar-refractivity contribution in [1.29, 1.82) is 0 Å². The summed E-state index contributed by atoms with van der Waals surface area (Å²) in [6.45, 7) is 0. The van der Waals surface area contributed by atoms with Gasteiger partial charge in [0, 0.05) is 12.6 Å². The third-order valence-electron chi connectivity index (χ3n) is 3.36. The van der Waals surface area contributed by atoms with Crippen LogP contribution in [0.15, 0.2) is 36.5 Å². The van der Waals surface area contributed by atoms with E-state index in [-0.39, 0.29) is 5.75 Å². The van der Waals surface area contributed by atoms with Crippen molar-refractivity contribution < 1.29 is 19.0 Å². The van der Waals surface area contributed by atoms with Crippen LogP contribution in [-0.4, -0.2) is 23.3 Å². The molecule has 2 aromatic rings. The van der Waals surface area contributed by atoms with E-state index < -0.39 is 18.0 Å². The van der Waals surface area contributed by atoms with Crippen LogP contribution in [0.25, 0.3) is 0 Å². The quantitative estimate of drug-likeness (QED) is 0.913. The maximum absolute atomic E-state index is 13.8. The monoisotopic (exact) mass is 275 g/mol. The number of aliphatic hydroxyl groups is 1. The van der Waals surface area contributed by atoms with Gasteiger partial charge in [0.2, 0.25) is 0 Å². The summed E-state index contributed by atoms with van der Waals surface area (Å²) in [4.78, 5) is 4.16. The van der Waals surface area contributed by atoms with Crippen molar-refractivity contribution >= 4 is 0 Å². The summed E-state index contributed by atoms with van der Waals surface area (Å²) in [6.07, 6.45) is 0.675. The average molecular weight is 275 g/mol. The van der Waals surface area contributed by atoms with E-state index in [4.69, 9.17) is 9.47 Å². The standard InChI is InChI=1S/C15H14FNO3/c1-19-13-5-4-9(7-10(13)16)15-12(18)8-11-14(20-15)3-2-6-17-11/h2-7,12,15,18H,8H2,1H3. The highest BCUT2D eigenvalue weighted by Gasteiger charge is 2.31. The minimum Gasteiger partial charge on any atom is -0.494 e. The van der Waals surface area contributed by atoms with Crippen LogP contribution >= 0.6 is 0 Å². The number of ether oxygens (including phenoxy) is 2. The lowest BCUT2D eigenvalue weighted by molar-refractivity contribution is 0.0191. The van der Waals surface area contributed by atoms with Gasteiger partial charge in [-0.15, -0.1) is 0 Å². The highest BCUT2D eigenvalue weighted by Crippen LogP contribution is 2.34. The van der Waals surface area contributed by atoms with Crippen LogP contribution in [0.1, 0.15) is 17.4 Å². The van der Waals surface area contributed by atoms with Crippen molar-refractivity contribution in [2.24, 2.45) is 0 Å². The number of rotatable bonds is 2. The Morgan fingerprint density at radius 1 is 1.40 bits per heavy atom. The Hall–Kier alpha value is -2.14. The second-order valence-electron chi connectivity index (χ2n) is 4.65. The summed E-state index contributed by atoms with van der Waals surface area (Å²) in [6, 6.07) is 8.11. The van der Waals surface area contributed by atoms with Crippen molar-refractivity contribution in [2.75, 3.05) is 7.11 Å². The van der Waals surface area contributed by atoms with Crippen molar-refractivity contribution in [3.05, 3.63) is 53.6 Å². The number of hydrogen-bond donors (Lipinski definition) is 1. The Labute approximate surface area is 115 Å². The molecular formula is C15H14FNO3. The van der Waals surface area contributed by atoms with Crippen molar-refractivity contribution in [3.63, 3.8) is 0 Å². The first kappa shape index (κ1) is 12.9. The second kappa shape index (κ2) is 5.09. The summed E-state index contributed by atoms with van der Waals surface area (Å²) in [5.41, 5.74) is 1.29. The number of fused-ring (bicyclic) bond motifs is 1. The van der Waals surface area contributed by atoms with Crippen LogP contribution in [0.4, 0.5) is 4.39 Å². The molecule has 2 atom stereocenters. The first-order valence-corrected chi connectivity index (χ1v) is 6.31. The fourth-order valence-electron chi connectivity index (χ4n) is 2.35. The van der Waals surface area contributed by atoms with Gasteiger partial charge in [-0.1, -0.05) is 6.07 Å². The normalized spacial score (nSPS) is 20.9. The smallest absolute Gasteiger partial charge is 0.165 e. The van der Waals surface area contributed by atoms with Gasteiger partial charge in [-0.05, 0) is 29.8 Å². The van der Waals surface area contributed by atoms with Gasteiger partial charge in [0.15, 0.2) is 17.7 Å². The Morgan fingerprint density at radius 3 is 3.00 bits per heavy atom. The topological polar surface area (TPSA) is 51.6 Å². The third-order valence-corrected chi connectivity index (χ3v) is 3.36. The van der Waals surface area contributed by atoms with E-state index in [1.807, 2.05) is 0 Å². The molecule has 5 heteroatoms. The fourth-order valence-corrected chi connectivity index (χ4v) is 2.35. The molecule has 2 unspecified atom stereocenters. The molecule has 1 aliphatic heterocycles. The number of benzene rings is 1. The molecule has 2 heterocycles. The van der Waals surface area contributed by atoms with Gasteiger partial charge in [0.1, 0.15) is 11.9 Å². The molecule has 0 fully saturated rings. The zero-order chi connectivity index (χ0) is 14.1. The van der Waals surface area contributed by atoms with Crippen LogP contribution < -0.4 is 9.47 Å². The van der Waals surface area contributed by atoms with Crippen LogP contribution in [0.5, 0.6) is 11.5 Å². The van der Waals surface area contributed by atoms with Gasteiger partial charge in [0.05, 0.1) is 12.8 Å². The highest BCUT2D eigenvalue weighted by molar-refractivity contribution is 5.35. The van der Waals surface area contributed by atoms with E-state index in [1.54, 1.807) is 24.4 Å². The molecule has 20 heavy (non-hydrogen) atoms. The summed E-state index contributed by atoms with van der Waals surface area (Å²) >= 11 is 0. The Bertz CT molecular complexity index is 632. The van der Waals surface area contributed by atoms with Crippen molar-refractivity contribution in [2.45, 2.75) is 18.6 Å². The molecule has 0 radical (unpaired) electrons. The summed E-state index contributed by atoms with van der Waals surface area (Å²) in [5, 5.41) is 10.2.